The van der Waals surface area contributed by atoms with E-state index in [0.717, 1.165) is 0 Å². The van der Waals surface area contributed by atoms with E-state index in [4.69, 9.17) is 14.2 Å². The van der Waals surface area contributed by atoms with Gasteiger partial charge in [0.25, 0.3) is 0 Å². The highest BCUT2D eigenvalue weighted by Gasteiger charge is 2.66. The molecule has 3 rings (SSSR count). The molecule has 1 heterocycles. The molecule has 19 heavy (non-hydrogen) atoms. The highest BCUT2D eigenvalue weighted by molar-refractivity contribution is 5.77. The molecule has 0 spiro atoms. The van der Waals surface area contributed by atoms with Crippen molar-refractivity contribution in [2.75, 3.05) is 6.61 Å². The first-order valence-electron chi connectivity index (χ1n) is 6.50. The zero-order valence-electron chi connectivity index (χ0n) is 10.8. The molecule has 6 heteroatoms. The van der Waals surface area contributed by atoms with Crippen molar-refractivity contribution in [3.63, 3.8) is 0 Å². The number of carbonyl (C=O) groups is 3. The van der Waals surface area contributed by atoms with Gasteiger partial charge in [0.05, 0.1) is 12.5 Å². The molecule has 0 unspecified atom stereocenters. The van der Waals surface area contributed by atoms with Crippen LogP contribution in [0.1, 0.15) is 20.3 Å². The molecule has 0 radical (unpaired) electrons. The summed E-state index contributed by atoms with van der Waals surface area (Å²) in [5.41, 5.74) is 0. The second-order valence-corrected chi connectivity index (χ2v) is 5.52. The van der Waals surface area contributed by atoms with Crippen molar-refractivity contribution < 1.29 is 28.6 Å². The van der Waals surface area contributed by atoms with Crippen LogP contribution >= 0.6 is 0 Å². The van der Waals surface area contributed by atoms with Crippen LogP contribution in [-0.4, -0.2) is 36.7 Å². The van der Waals surface area contributed by atoms with Gasteiger partial charge in [-0.25, -0.2) is 0 Å². The Morgan fingerprint density at radius 2 is 1.84 bits per heavy atom. The van der Waals surface area contributed by atoms with Gasteiger partial charge in [0.1, 0.15) is 12.2 Å². The molecule has 0 N–H and O–H groups in total. The smallest absolute Gasteiger partial charge is 0.309 e. The molecule has 3 aliphatic rings. The van der Waals surface area contributed by atoms with Crippen molar-refractivity contribution in [3.05, 3.63) is 0 Å². The van der Waals surface area contributed by atoms with E-state index in [2.05, 4.69) is 0 Å². The minimum Gasteiger partial charge on any atom is -0.465 e. The van der Waals surface area contributed by atoms with E-state index < -0.39 is 0 Å². The van der Waals surface area contributed by atoms with Crippen LogP contribution < -0.4 is 0 Å². The fourth-order valence-electron chi connectivity index (χ4n) is 4.02. The van der Waals surface area contributed by atoms with E-state index in [1.54, 1.807) is 0 Å². The first-order chi connectivity index (χ1) is 8.99. The molecule has 3 fully saturated rings. The lowest BCUT2D eigenvalue weighted by Gasteiger charge is -2.27. The molecule has 1 aliphatic heterocycles. The highest BCUT2D eigenvalue weighted by atomic mass is 16.6. The lowest BCUT2D eigenvalue weighted by atomic mass is 9.80. The molecule has 0 amide bonds. The summed E-state index contributed by atoms with van der Waals surface area (Å²) in [6, 6.07) is 0. The van der Waals surface area contributed by atoms with Crippen LogP contribution in [0.4, 0.5) is 0 Å². The Bertz CT molecular complexity index is 444. The minimum atomic E-state index is -0.364. The average molecular weight is 268 g/mol. The molecule has 6 nitrogen and oxygen atoms in total. The van der Waals surface area contributed by atoms with Gasteiger partial charge in [-0.05, 0) is 6.42 Å². The molecule has 104 valence electrons. The van der Waals surface area contributed by atoms with Crippen LogP contribution in [0.25, 0.3) is 0 Å². The minimum absolute atomic E-state index is 0.0000463. The molecule has 0 aromatic heterocycles. The maximum atomic E-state index is 11.7. The summed E-state index contributed by atoms with van der Waals surface area (Å²) in [6.07, 6.45) is -0.0364. The molecule has 1 saturated heterocycles. The van der Waals surface area contributed by atoms with E-state index in [1.165, 1.54) is 13.8 Å². The van der Waals surface area contributed by atoms with Gasteiger partial charge >= 0.3 is 17.9 Å². The monoisotopic (exact) mass is 268 g/mol. The summed E-state index contributed by atoms with van der Waals surface area (Å²) in [4.78, 5) is 34.1. The second kappa shape index (κ2) is 4.21. The number of carbonyl (C=O) groups excluding carboxylic acids is 3. The second-order valence-electron chi connectivity index (χ2n) is 5.52. The van der Waals surface area contributed by atoms with Crippen molar-refractivity contribution in [1.82, 2.24) is 0 Å². The van der Waals surface area contributed by atoms with Gasteiger partial charge in [-0.1, -0.05) is 0 Å². The molecule has 2 saturated carbocycles. The predicted molar refractivity (Wildman–Crippen MR) is 60.6 cm³/mol. The molecule has 6 atom stereocenters. The van der Waals surface area contributed by atoms with Crippen LogP contribution in [0.2, 0.25) is 0 Å². The Morgan fingerprint density at radius 3 is 2.47 bits per heavy atom. The Hall–Kier alpha value is -1.59. The zero-order valence-corrected chi connectivity index (χ0v) is 10.8. The Balaban J connectivity index is 1.85. The van der Waals surface area contributed by atoms with E-state index in [9.17, 15) is 14.4 Å². The van der Waals surface area contributed by atoms with E-state index in [1.807, 2.05) is 0 Å². The van der Waals surface area contributed by atoms with Crippen LogP contribution in [0.3, 0.4) is 0 Å². The average Bonchev–Trinajstić information content (AvgIpc) is 2.89. The first-order valence-corrected chi connectivity index (χ1v) is 6.50. The largest absolute Gasteiger partial charge is 0.465 e. The number of hydrogen-bond donors (Lipinski definition) is 0. The standard InChI is InChI=1S/C13H16O6/c1-5(14)18-9-3-7-10-8(4-17-13(10)16)11(9)12(7)19-6(2)15/h7-12H,3-4H2,1-2H3/t7-,8+,9+,10-,11+,12+/m1/s1. The maximum absolute atomic E-state index is 11.7. The highest BCUT2D eigenvalue weighted by Crippen LogP contribution is 2.57. The quantitative estimate of drug-likeness (QED) is 0.529. The van der Waals surface area contributed by atoms with Gasteiger partial charge in [0.15, 0.2) is 0 Å². The molecule has 2 aliphatic carbocycles. The van der Waals surface area contributed by atoms with Crippen molar-refractivity contribution >= 4 is 17.9 Å². The number of hydrogen-bond acceptors (Lipinski definition) is 6. The number of esters is 3. The molecular formula is C13H16O6. The van der Waals surface area contributed by atoms with Gasteiger partial charge in [-0.15, -0.1) is 0 Å². The van der Waals surface area contributed by atoms with Crippen LogP contribution in [-0.2, 0) is 28.6 Å². The lowest BCUT2D eigenvalue weighted by Crippen LogP contribution is -2.35. The molecule has 2 bridgehead atoms. The predicted octanol–water partition coefficient (Wildman–Crippen LogP) is 0.289. The van der Waals surface area contributed by atoms with Gasteiger partial charge in [0.2, 0.25) is 0 Å². The third-order valence-corrected chi connectivity index (χ3v) is 4.46. The number of cyclic esters (lactones) is 1. The van der Waals surface area contributed by atoms with Crippen LogP contribution in [0.5, 0.6) is 0 Å². The lowest BCUT2D eigenvalue weighted by molar-refractivity contribution is -0.155. The number of ether oxygens (including phenoxy) is 3. The topological polar surface area (TPSA) is 78.9 Å². The fourth-order valence-corrected chi connectivity index (χ4v) is 4.02. The van der Waals surface area contributed by atoms with Crippen molar-refractivity contribution in [2.45, 2.75) is 32.5 Å². The van der Waals surface area contributed by atoms with E-state index >= 15 is 0 Å². The third kappa shape index (κ3) is 1.81. The van der Waals surface area contributed by atoms with Crippen molar-refractivity contribution in [2.24, 2.45) is 23.7 Å². The van der Waals surface area contributed by atoms with Gasteiger partial charge in [-0.3, -0.25) is 14.4 Å². The van der Waals surface area contributed by atoms with E-state index in [0.29, 0.717) is 13.0 Å². The summed E-state index contributed by atoms with van der Waals surface area (Å²) in [7, 11) is 0. The SMILES string of the molecule is CC(=O)O[C@H]1[C@@H]2C[C@H](OC(C)=O)[C@@H]1[C@H]1COC(=O)[C@H]21. The summed E-state index contributed by atoms with van der Waals surface area (Å²) in [5, 5.41) is 0. The Labute approximate surface area is 110 Å². The Morgan fingerprint density at radius 1 is 1.16 bits per heavy atom. The normalized spacial score (nSPS) is 42.7. The first kappa shape index (κ1) is 12.4. The van der Waals surface area contributed by atoms with Crippen molar-refractivity contribution in [3.8, 4) is 0 Å². The molecular weight excluding hydrogens is 252 g/mol. The fraction of sp³-hybridized carbons (Fsp3) is 0.769. The van der Waals surface area contributed by atoms with Gasteiger partial charge < -0.3 is 14.2 Å². The van der Waals surface area contributed by atoms with Crippen LogP contribution in [0, 0.1) is 23.7 Å². The van der Waals surface area contributed by atoms with Gasteiger partial charge in [0, 0.05) is 31.6 Å². The Kier molecular flexibility index (Phi) is 2.76. The summed E-state index contributed by atoms with van der Waals surface area (Å²) < 4.78 is 15.7. The zero-order chi connectivity index (χ0) is 13.7. The van der Waals surface area contributed by atoms with E-state index in [-0.39, 0.29) is 53.8 Å². The molecule has 0 aromatic carbocycles. The summed E-state index contributed by atoms with van der Waals surface area (Å²) in [5.74, 6) is -1.33. The van der Waals surface area contributed by atoms with Gasteiger partial charge in [-0.2, -0.15) is 0 Å². The molecule has 0 aromatic rings. The number of rotatable bonds is 2. The summed E-state index contributed by atoms with van der Waals surface area (Å²) in [6.45, 7) is 3.05. The van der Waals surface area contributed by atoms with Crippen molar-refractivity contribution in [1.29, 1.82) is 0 Å². The third-order valence-electron chi connectivity index (χ3n) is 4.46. The summed E-state index contributed by atoms with van der Waals surface area (Å²) >= 11 is 0. The van der Waals surface area contributed by atoms with Crippen LogP contribution in [0.15, 0.2) is 0 Å². The maximum Gasteiger partial charge on any atom is 0.309 e. The number of fused-ring (bicyclic) bond motifs is 5.